The molecule has 1 aromatic carbocycles. The molecule has 3 N–H and O–H groups in total. The van der Waals surface area contributed by atoms with E-state index in [9.17, 15) is 4.39 Å². The molecule has 130 valence electrons. The minimum absolute atomic E-state index is 0.282. The van der Waals surface area contributed by atoms with Gasteiger partial charge in [0.1, 0.15) is 17.3 Å². The SMILES string of the molecule is NC(CNc1ccc2nnc(-c3ccccn3)n2n1)c1ccc(F)cc1. The molecule has 4 rings (SSSR count). The number of halogens is 1. The number of nitrogens with one attached hydrogen (secondary N) is 1. The molecule has 1 atom stereocenters. The summed E-state index contributed by atoms with van der Waals surface area (Å²) in [5, 5.41) is 16.0. The summed E-state index contributed by atoms with van der Waals surface area (Å²) in [4.78, 5) is 4.29. The number of pyridine rings is 1. The molecule has 0 aliphatic heterocycles. The molecule has 3 heterocycles. The molecule has 4 aromatic rings. The van der Waals surface area contributed by atoms with Gasteiger partial charge in [-0.05, 0) is 42.0 Å². The van der Waals surface area contributed by atoms with Gasteiger partial charge >= 0.3 is 0 Å². The van der Waals surface area contributed by atoms with Crippen LogP contribution in [0.15, 0.2) is 60.8 Å². The first-order valence-electron chi connectivity index (χ1n) is 8.09. The second kappa shape index (κ2) is 6.85. The third kappa shape index (κ3) is 3.22. The van der Waals surface area contributed by atoms with Gasteiger partial charge in [0.25, 0.3) is 0 Å². The van der Waals surface area contributed by atoms with Crippen molar-refractivity contribution in [2.24, 2.45) is 5.73 Å². The topological polar surface area (TPSA) is 94.0 Å². The predicted molar refractivity (Wildman–Crippen MR) is 95.8 cm³/mol. The van der Waals surface area contributed by atoms with Crippen LogP contribution in [0.25, 0.3) is 17.2 Å². The number of rotatable bonds is 5. The monoisotopic (exact) mass is 349 g/mol. The second-order valence-corrected chi connectivity index (χ2v) is 5.77. The molecule has 0 fully saturated rings. The molecule has 0 spiro atoms. The van der Waals surface area contributed by atoms with Crippen molar-refractivity contribution in [1.29, 1.82) is 0 Å². The minimum atomic E-state index is -0.288. The molecule has 0 saturated carbocycles. The molecule has 0 bridgehead atoms. The zero-order valence-corrected chi connectivity index (χ0v) is 13.7. The van der Waals surface area contributed by atoms with E-state index in [1.165, 1.54) is 12.1 Å². The molecule has 1 unspecified atom stereocenters. The third-order valence-corrected chi connectivity index (χ3v) is 3.96. The summed E-state index contributed by atoms with van der Waals surface area (Å²) in [6.07, 6.45) is 1.69. The van der Waals surface area contributed by atoms with Gasteiger partial charge in [0.15, 0.2) is 5.65 Å². The van der Waals surface area contributed by atoms with E-state index in [0.29, 0.717) is 29.5 Å². The summed E-state index contributed by atoms with van der Waals surface area (Å²) in [7, 11) is 0. The summed E-state index contributed by atoms with van der Waals surface area (Å²) in [6, 6.07) is 15.1. The number of nitrogens with zero attached hydrogens (tertiary/aromatic N) is 5. The second-order valence-electron chi connectivity index (χ2n) is 5.77. The Morgan fingerprint density at radius 3 is 2.65 bits per heavy atom. The summed E-state index contributed by atoms with van der Waals surface area (Å²) < 4.78 is 14.6. The minimum Gasteiger partial charge on any atom is -0.367 e. The van der Waals surface area contributed by atoms with E-state index in [2.05, 4.69) is 25.6 Å². The third-order valence-electron chi connectivity index (χ3n) is 3.96. The summed E-state index contributed by atoms with van der Waals surface area (Å²) in [5.74, 6) is 0.912. The molecule has 26 heavy (non-hydrogen) atoms. The van der Waals surface area contributed by atoms with Crippen LogP contribution in [0.1, 0.15) is 11.6 Å². The van der Waals surface area contributed by atoms with Gasteiger partial charge in [-0.25, -0.2) is 4.39 Å². The van der Waals surface area contributed by atoms with Crippen molar-refractivity contribution in [2.75, 3.05) is 11.9 Å². The van der Waals surface area contributed by atoms with Gasteiger partial charge < -0.3 is 11.1 Å². The van der Waals surface area contributed by atoms with Gasteiger partial charge in [-0.2, -0.15) is 4.52 Å². The van der Waals surface area contributed by atoms with E-state index in [0.717, 1.165) is 5.56 Å². The Hall–Kier alpha value is -3.39. The van der Waals surface area contributed by atoms with Crippen LogP contribution >= 0.6 is 0 Å². The molecule has 8 heteroatoms. The number of hydrogen-bond acceptors (Lipinski definition) is 6. The van der Waals surface area contributed by atoms with E-state index in [1.54, 1.807) is 22.8 Å². The fourth-order valence-corrected chi connectivity index (χ4v) is 2.58. The zero-order valence-electron chi connectivity index (χ0n) is 13.7. The van der Waals surface area contributed by atoms with E-state index in [1.807, 2.05) is 30.3 Å². The van der Waals surface area contributed by atoms with Crippen molar-refractivity contribution in [1.82, 2.24) is 24.8 Å². The Kier molecular flexibility index (Phi) is 4.24. The van der Waals surface area contributed by atoms with Crippen molar-refractivity contribution in [3.63, 3.8) is 0 Å². The standard InChI is InChI=1S/C18H16FN7/c19-13-6-4-12(5-7-13)14(20)11-22-16-8-9-17-23-24-18(26(17)25-16)15-3-1-2-10-21-15/h1-10,14H,11,20H2,(H,22,25). The summed E-state index contributed by atoms with van der Waals surface area (Å²) in [6.45, 7) is 0.450. The fourth-order valence-electron chi connectivity index (χ4n) is 2.58. The predicted octanol–water partition coefficient (Wildman–Crippen LogP) is 2.44. The Balaban J connectivity index is 1.55. The van der Waals surface area contributed by atoms with E-state index in [-0.39, 0.29) is 11.9 Å². The maximum absolute atomic E-state index is 13.0. The van der Waals surface area contributed by atoms with Crippen molar-refractivity contribution in [3.8, 4) is 11.5 Å². The van der Waals surface area contributed by atoms with Crippen LogP contribution in [0.4, 0.5) is 10.2 Å². The molecule has 0 aliphatic carbocycles. The van der Waals surface area contributed by atoms with Gasteiger partial charge in [-0.15, -0.1) is 15.3 Å². The largest absolute Gasteiger partial charge is 0.367 e. The average Bonchev–Trinajstić information content (AvgIpc) is 3.10. The van der Waals surface area contributed by atoms with Gasteiger partial charge in [0.05, 0.1) is 0 Å². The Bertz CT molecular complexity index is 1010. The average molecular weight is 349 g/mol. The summed E-state index contributed by atoms with van der Waals surface area (Å²) >= 11 is 0. The van der Waals surface area contributed by atoms with Crippen LogP contribution in [-0.2, 0) is 0 Å². The van der Waals surface area contributed by atoms with E-state index >= 15 is 0 Å². The molecule has 3 aromatic heterocycles. The van der Waals surface area contributed by atoms with Gasteiger partial charge in [0.2, 0.25) is 5.82 Å². The lowest BCUT2D eigenvalue weighted by molar-refractivity contribution is 0.625. The van der Waals surface area contributed by atoms with Crippen LogP contribution in [0, 0.1) is 5.82 Å². The normalized spacial score (nSPS) is 12.2. The van der Waals surface area contributed by atoms with Crippen molar-refractivity contribution < 1.29 is 4.39 Å². The maximum atomic E-state index is 13.0. The van der Waals surface area contributed by atoms with Gasteiger partial charge in [0, 0.05) is 18.8 Å². The number of aromatic nitrogens is 5. The number of anilines is 1. The highest BCUT2D eigenvalue weighted by Crippen LogP contribution is 2.17. The molecule has 0 radical (unpaired) electrons. The number of benzene rings is 1. The molecule has 7 nitrogen and oxygen atoms in total. The van der Waals surface area contributed by atoms with Gasteiger partial charge in [-0.3, -0.25) is 4.98 Å². The highest BCUT2D eigenvalue weighted by molar-refractivity contribution is 5.55. The van der Waals surface area contributed by atoms with E-state index in [4.69, 9.17) is 5.73 Å². The van der Waals surface area contributed by atoms with E-state index < -0.39 is 0 Å². The van der Waals surface area contributed by atoms with Crippen LogP contribution in [-0.4, -0.2) is 31.3 Å². The molecular formula is C18H16FN7. The first kappa shape index (κ1) is 16.1. The quantitative estimate of drug-likeness (QED) is 0.575. The maximum Gasteiger partial charge on any atom is 0.203 e. The Labute approximate surface area is 148 Å². The highest BCUT2D eigenvalue weighted by Gasteiger charge is 2.11. The first-order valence-corrected chi connectivity index (χ1v) is 8.09. The highest BCUT2D eigenvalue weighted by atomic mass is 19.1. The lowest BCUT2D eigenvalue weighted by Gasteiger charge is -2.13. The molecule has 0 amide bonds. The lowest BCUT2D eigenvalue weighted by atomic mass is 10.1. The van der Waals surface area contributed by atoms with Crippen molar-refractivity contribution in [2.45, 2.75) is 6.04 Å². The van der Waals surface area contributed by atoms with Crippen LogP contribution in [0.2, 0.25) is 0 Å². The Morgan fingerprint density at radius 1 is 1.04 bits per heavy atom. The Morgan fingerprint density at radius 2 is 1.88 bits per heavy atom. The van der Waals surface area contributed by atoms with Crippen LogP contribution in [0.3, 0.4) is 0 Å². The molecular weight excluding hydrogens is 333 g/mol. The van der Waals surface area contributed by atoms with Gasteiger partial charge in [-0.1, -0.05) is 18.2 Å². The van der Waals surface area contributed by atoms with Crippen LogP contribution in [0.5, 0.6) is 0 Å². The zero-order chi connectivity index (χ0) is 17.9. The van der Waals surface area contributed by atoms with Crippen molar-refractivity contribution >= 4 is 11.5 Å². The van der Waals surface area contributed by atoms with Crippen molar-refractivity contribution in [3.05, 3.63) is 72.2 Å². The first-order chi connectivity index (χ1) is 12.7. The lowest BCUT2D eigenvalue weighted by Crippen LogP contribution is -2.21. The van der Waals surface area contributed by atoms with Crippen LogP contribution < -0.4 is 11.1 Å². The summed E-state index contributed by atoms with van der Waals surface area (Å²) in [5.41, 5.74) is 8.31. The molecule has 0 aliphatic rings. The number of hydrogen-bond donors (Lipinski definition) is 2. The fraction of sp³-hybridized carbons (Fsp3) is 0.111. The number of nitrogens with two attached hydrogens (primary N) is 1. The smallest absolute Gasteiger partial charge is 0.203 e. The molecule has 0 saturated heterocycles. The number of fused-ring (bicyclic) bond motifs is 1.